The number of hydrogen-bond donors (Lipinski definition) is 1. The lowest BCUT2D eigenvalue weighted by molar-refractivity contribution is -0.113. The minimum Gasteiger partial charge on any atom is -0.465 e. The molecule has 1 aliphatic carbocycles. The summed E-state index contributed by atoms with van der Waals surface area (Å²) in [7, 11) is 3.26. The minimum absolute atomic E-state index is 0.147. The van der Waals surface area contributed by atoms with Crippen LogP contribution in [0.25, 0.3) is 0 Å². The van der Waals surface area contributed by atoms with Crippen molar-refractivity contribution in [2.45, 2.75) is 30.8 Å². The van der Waals surface area contributed by atoms with Crippen molar-refractivity contribution in [3.63, 3.8) is 0 Å². The highest BCUT2D eigenvalue weighted by Gasteiger charge is 2.26. The van der Waals surface area contributed by atoms with Gasteiger partial charge in [0.15, 0.2) is 5.16 Å². The number of nitrogens with one attached hydrogen (secondary N) is 1. The van der Waals surface area contributed by atoms with Crippen LogP contribution in [0.2, 0.25) is 0 Å². The average Bonchev–Trinajstić information content (AvgIpc) is 3.15. The van der Waals surface area contributed by atoms with E-state index in [4.69, 9.17) is 4.74 Å². The zero-order chi connectivity index (χ0) is 17.1. The van der Waals surface area contributed by atoms with Crippen molar-refractivity contribution in [1.29, 1.82) is 0 Å². The number of methoxy groups -OCH3 is 1. The minimum atomic E-state index is -0.374. The number of rotatable bonds is 5. The van der Waals surface area contributed by atoms with Crippen molar-refractivity contribution in [2.75, 3.05) is 18.2 Å². The van der Waals surface area contributed by atoms with E-state index < -0.39 is 0 Å². The van der Waals surface area contributed by atoms with Crippen LogP contribution in [0, 0.1) is 0 Å². The van der Waals surface area contributed by atoms with E-state index >= 15 is 0 Å². The van der Waals surface area contributed by atoms with Gasteiger partial charge in [0, 0.05) is 24.3 Å². The van der Waals surface area contributed by atoms with Crippen molar-refractivity contribution >= 4 is 40.0 Å². The number of thioether (sulfide) groups is 1. The maximum absolute atomic E-state index is 12.3. The third kappa shape index (κ3) is 3.49. The van der Waals surface area contributed by atoms with E-state index in [1.54, 1.807) is 6.20 Å². The molecule has 0 aliphatic heterocycles. The summed E-state index contributed by atoms with van der Waals surface area (Å²) >= 11 is 2.86. The molecule has 1 N–H and O–H groups in total. The maximum Gasteiger partial charge on any atom is 0.341 e. The van der Waals surface area contributed by atoms with Gasteiger partial charge in [-0.05, 0) is 31.2 Å². The number of ether oxygens (including phenoxy) is 1. The van der Waals surface area contributed by atoms with E-state index in [0.717, 1.165) is 36.4 Å². The predicted octanol–water partition coefficient (Wildman–Crippen LogP) is 2.88. The number of thiophene rings is 1. The molecule has 1 amide bonds. The Morgan fingerprint density at radius 2 is 2.21 bits per heavy atom. The lowest BCUT2D eigenvalue weighted by Crippen LogP contribution is -2.16. The zero-order valence-corrected chi connectivity index (χ0v) is 15.3. The summed E-state index contributed by atoms with van der Waals surface area (Å²) in [6, 6.07) is 0. The Balaban J connectivity index is 1.74. The first-order valence-electron chi connectivity index (χ1n) is 7.73. The SMILES string of the molecule is COC(=O)c1c(NC(=O)CSc2nccn2C)sc2c1CCCC2. The monoisotopic (exact) mass is 365 g/mol. The van der Waals surface area contributed by atoms with Crippen LogP contribution in [0.3, 0.4) is 0 Å². The van der Waals surface area contributed by atoms with Crippen LogP contribution >= 0.6 is 23.1 Å². The second-order valence-corrected chi connectivity index (χ2v) is 7.61. The quantitative estimate of drug-likeness (QED) is 0.651. The molecule has 2 aromatic rings. The fourth-order valence-electron chi connectivity index (χ4n) is 2.76. The van der Waals surface area contributed by atoms with E-state index in [-0.39, 0.29) is 17.6 Å². The normalized spacial score (nSPS) is 13.4. The van der Waals surface area contributed by atoms with Crippen LogP contribution in [0.4, 0.5) is 5.00 Å². The number of esters is 1. The van der Waals surface area contributed by atoms with Gasteiger partial charge in [-0.1, -0.05) is 11.8 Å². The number of amides is 1. The summed E-state index contributed by atoms with van der Waals surface area (Å²) < 4.78 is 6.78. The van der Waals surface area contributed by atoms with Gasteiger partial charge in [0.25, 0.3) is 0 Å². The number of carbonyl (C=O) groups excluding carboxylic acids is 2. The average molecular weight is 365 g/mol. The highest BCUT2D eigenvalue weighted by molar-refractivity contribution is 7.99. The maximum atomic E-state index is 12.3. The molecular formula is C16H19N3O3S2. The number of aryl methyl sites for hydroxylation is 2. The molecule has 24 heavy (non-hydrogen) atoms. The molecule has 0 saturated carbocycles. The molecular weight excluding hydrogens is 346 g/mol. The first-order valence-corrected chi connectivity index (χ1v) is 9.53. The summed E-state index contributed by atoms with van der Waals surface area (Å²) in [6.07, 6.45) is 7.55. The number of nitrogens with zero attached hydrogens (tertiary/aromatic N) is 2. The molecule has 3 rings (SSSR count). The van der Waals surface area contributed by atoms with Gasteiger partial charge in [-0.15, -0.1) is 11.3 Å². The molecule has 1 aliphatic rings. The topological polar surface area (TPSA) is 73.2 Å². The predicted molar refractivity (Wildman–Crippen MR) is 94.9 cm³/mol. The lowest BCUT2D eigenvalue weighted by atomic mass is 9.95. The Hall–Kier alpha value is -1.80. The van der Waals surface area contributed by atoms with Crippen molar-refractivity contribution in [3.8, 4) is 0 Å². The van der Waals surface area contributed by atoms with Gasteiger partial charge >= 0.3 is 5.97 Å². The zero-order valence-electron chi connectivity index (χ0n) is 13.6. The smallest absolute Gasteiger partial charge is 0.341 e. The number of imidazole rings is 1. The summed E-state index contributed by atoms with van der Waals surface area (Å²) in [6.45, 7) is 0. The van der Waals surface area contributed by atoms with Crippen LogP contribution < -0.4 is 5.32 Å². The van der Waals surface area contributed by atoms with Gasteiger partial charge in [-0.2, -0.15) is 0 Å². The molecule has 2 aromatic heterocycles. The van der Waals surface area contributed by atoms with Gasteiger partial charge in [0.05, 0.1) is 18.4 Å². The summed E-state index contributed by atoms with van der Waals surface area (Å²) in [5.41, 5.74) is 1.58. The summed E-state index contributed by atoms with van der Waals surface area (Å²) in [5, 5.41) is 4.28. The second kappa shape index (κ2) is 7.40. The molecule has 0 bridgehead atoms. The molecule has 0 spiro atoms. The second-order valence-electron chi connectivity index (χ2n) is 5.56. The number of aromatic nitrogens is 2. The van der Waals surface area contributed by atoms with E-state index in [1.165, 1.54) is 35.1 Å². The van der Waals surface area contributed by atoms with E-state index in [9.17, 15) is 9.59 Å². The van der Waals surface area contributed by atoms with Gasteiger partial charge in [0.2, 0.25) is 5.91 Å². The van der Waals surface area contributed by atoms with Crippen molar-refractivity contribution in [1.82, 2.24) is 9.55 Å². The molecule has 0 fully saturated rings. The standard InChI is InChI=1S/C16H19N3O3S2/c1-19-8-7-17-16(19)23-9-12(20)18-14-13(15(21)22-2)10-5-3-4-6-11(10)24-14/h7-8H,3-6,9H2,1-2H3,(H,18,20). The number of carbonyl (C=O) groups is 2. The molecule has 0 unspecified atom stereocenters. The van der Waals surface area contributed by atoms with Crippen molar-refractivity contribution < 1.29 is 14.3 Å². The van der Waals surface area contributed by atoms with E-state index in [0.29, 0.717) is 10.6 Å². The van der Waals surface area contributed by atoms with Crippen LogP contribution in [-0.4, -0.2) is 34.3 Å². The third-order valence-corrected chi connectivity index (χ3v) is 6.19. The lowest BCUT2D eigenvalue weighted by Gasteiger charge is -2.11. The van der Waals surface area contributed by atoms with E-state index in [2.05, 4.69) is 10.3 Å². The van der Waals surface area contributed by atoms with Crippen LogP contribution in [0.15, 0.2) is 17.6 Å². The number of anilines is 1. The fraction of sp³-hybridized carbons (Fsp3) is 0.438. The van der Waals surface area contributed by atoms with E-state index in [1.807, 2.05) is 17.8 Å². The van der Waals surface area contributed by atoms with Gasteiger partial charge in [-0.25, -0.2) is 9.78 Å². The molecule has 0 aromatic carbocycles. The molecule has 0 radical (unpaired) electrons. The highest BCUT2D eigenvalue weighted by Crippen LogP contribution is 2.38. The molecule has 2 heterocycles. The van der Waals surface area contributed by atoms with Crippen molar-refractivity contribution in [2.24, 2.45) is 7.05 Å². The Morgan fingerprint density at radius 1 is 1.42 bits per heavy atom. The Bertz CT molecular complexity index is 767. The first-order chi connectivity index (χ1) is 11.6. The van der Waals surface area contributed by atoms with Crippen LogP contribution in [0.1, 0.15) is 33.6 Å². The Labute approximate surface area is 148 Å². The van der Waals surface area contributed by atoms with Gasteiger partial charge in [-0.3, -0.25) is 4.79 Å². The van der Waals surface area contributed by atoms with Gasteiger partial charge in [0.1, 0.15) is 5.00 Å². The van der Waals surface area contributed by atoms with Crippen LogP contribution in [0.5, 0.6) is 0 Å². The Morgan fingerprint density at radius 3 is 2.92 bits per heavy atom. The summed E-state index contributed by atoms with van der Waals surface area (Å²) in [4.78, 5) is 29.8. The van der Waals surface area contributed by atoms with Gasteiger partial charge < -0.3 is 14.6 Å². The largest absolute Gasteiger partial charge is 0.465 e. The molecule has 6 nitrogen and oxygen atoms in total. The first kappa shape index (κ1) is 17.0. The molecule has 0 atom stereocenters. The van der Waals surface area contributed by atoms with Crippen LogP contribution in [-0.2, 0) is 29.4 Å². The Kier molecular flexibility index (Phi) is 5.25. The number of fused-ring (bicyclic) bond motifs is 1. The third-order valence-electron chi connectivity index (χ3n) is 3.92. The molecule has 128 valence electrons. The summed E-state index contributed by atoms with van der Waals surface area (Å²) in [5.74, 6) is -0.276. The highest BCUT2D eigenvalue weighted by atomic mass is 32.2. The van der Waals surface area contributed by atoms with Crippen molar-refractivity contribution in [3.05, 3.63) is 28.4 Å². The molecule has 8 heteroatoms. The fourth-order valence-corrected chi connectivity index (χ4v) is 4.78. The number of hydrogen-bond acceptors (Lipinski definition) is 6. The molecule has 0 saturated heterocycles.